The van der Waals surface area contributed by atoms with Crippen LogP contribution in [0.15, 0.2) is 24.3 Å². The van der Waals surface area contributed by atoms with Crippen molar-refractivity contribution in [3.8, 4) is 17.8 Å². The van der Waals surface area contributed by atoms with E-state index < -0.39 is 0 Å². The molecule has 0 bridgehead atoms. The van der Waals surface area contributed by atoms with Gasteiger partial charge in [0.05, 0.1) is 6.10 Å². The van der Waals surface area contributed by atoms with Crippen LogP contribution in [0.5, 0.6) is 17.8 Å². The van der Waals surface area contributed by atoms with E-state index in [9.17, 15) is 0 Å². The third-order valence-electron chi connectivity index (χ3n) is 2.71. The van der Waals surface area contributed by atoms with Crippen molar-refractivity contribution in [1.82, 2.24) is 15.0 Å². The number of rotatable bonds is 6. The Morgan fingerprint density at radius 3 is 2.48 bits per heavy atom. The lowest BCUT2D eigenvalue weighted by Gasteiger charge is -2.12. The van der Waals surface area contributed by atoms with E-state index in [0.29, 0.717) is 5.95 Å². The van der Waals surface area contributed by atoms with E-state index >= 15 is 0 Å². The second-order valence-electron chi connectivity index (χ2n) is 4.70. The van der Waals surface area contributed by atoms with Crippen molar-refractivity contribution in [1.29, 1.82) is 0 Å². The van der Waals surface area contributed by atoms with Crippen molar-refractivity contribution in [3.05, 3.63) is 29.8 Å². The van der Waals surface area contributed by atoms with E-state index in [2.05, 4.69) is 27.2 Å². The zero-order chi connectivity index (χ0) is 15.2. The summed E-state index contributed by atoms with van der Waals surface area (Å²) < 4.78 is 11.3. The van der Waals surface area contributed by atoms with Crippen molar-refractivity contribution in [3.63, 3.8) is 0 Å². The van der Waals surface area contributed by atoms with E-state index in [1.165, 1.54) is 0 Å². The molecule has 0 spiro atoms. The molecule has 6 heteroatoms. The predicted octanol–water partition coefficient (Wildman–Crippen LogP) is 3.06. The topological polar surface area (TPSA) is 69.2 Å². The highest BCUT2D eigenvalue weighted by Gasteiger charge is 2.11. The second kappa shape index (κ2) is 6.88. The number of para-hydroxylation sites is 1. The highest BCUT2D eigenvalue weighted by Crippen LogP contribution is 2.24. The molecule has 0 fully saturated rings. The molecule has 112 valence electrons. The third kappa shape index (κ3) is 4.05. The Labute approximate surface area is 124 Å². The SMILES string of the molecule is CCc1ccccc1Oc1nc(NC)nc(OC(C)C)n1. The summed E-state index contributed by atoms with van der Waals surface area (Å²) >= 11 is 0. The lowest BCUT2D eigenvalue weighted by atomic mass is 10.1. The van der Waals surface area contributed by atoms with E-state index in [0.717, 1.165) is 17.7 Å². The molecule has 0 aliphatic carbocycles. The van der Waals surface area contributed by atoms with Crippen LogP contribution in [-0.4, -0.2) is 28.1 Å². The Kier molecular flexibility index (Phi) is 4.92. The Balaban J connectivity index is 2.30. The molecule has 0 aliphatic heterocycles. The lowest BCUT2D eigenvalue weighted by molar-refractivity contribution is 0.218. The lowest BCUT2D eigenvalue weighted by Crippen LogP contribution is -2.11. The van der Waals surface area contributed by atoms with Crippen LogP contribution in [0.1, 0.15) is 26.3 Å². The van der Waals surface area contributed by atoms with E-state index in [4.69, 9.17) is 9.47 Å². The number of benzene rings is 1. The van der Waals surface area contributed by atoms with E-state index in [1.54, 1.807) is 7.05 Å². The van der Waals surface area contributed by atoms with Crippen molar-refractivity contribution in [2.24, 2.45) is 0 Å². The number of ether oxygens (including phenoxy) is 2. The molecule has 1 aromatic carbocycles. The first kappa shape index (κ1) is 15.0. The average Bonchev–Trinajstić information content (AvgIpc) is 2.46. The summed E-state index contributed by atoms with van der Waals surface area (Å²) in [5, 5.41) is 2.87. The zero-order valence-corrected chi connectivity index (χ0v) is 12.8. The molecule has 0 amide bonds. The molecule has 1 aromatic heterocycles. The van der Waals surface area contributed by atoms with Crippen LogP contribution in [0.4, 0.5) is 5.95 Å². The van der Waals surface area contributed by atoms with E-state index in [1.807, 2.05) is 38.1 Å². The fourth-order valence-corrected chi connectivity index (χ4v) is 1.75. The van der Waals surface area contributed by atoms with Crippen LogP contribution in [0.25, 0.3) is 0 Å². The fraction of sp³-hybridized carbons (Fsp3) is 0.400. The Bertz CT molecular complexity index is 602. The summed E-state index contributed by atoms with van der Waals surface area (Å²) in [6, 6.07) is 8.26. The van der Waals surface area contributed by atoms with Gasteiger partial charge < -0.3 is 14.8 Å². The maximum Gasteiger partial charge on any atom is 0.330 e. The van der Waals surface area contributed by atoms with Crippen LogP contribution in [0, 0.1) is 0 Å². The second-order valence-corrected chi connectivity index (χ2v) is 4.70. The Morgan fingerprint density at radius 1 is 1.10 bits per heavy atom. The molecular weight excluding hydrogens is 268 g/mol. The van der Waals surface area contributed by atoms with Crippen LogP contribution in [0.2, 0.25) is 0 Å². The molecule has 0 radical (unpaired) electrons. The molecule has 1 N–H and O–H groups in total. The van der Waals surface area contributed by atoms with Crippen LogP contribution < -0.4 is 14.8 Å². The number of nitrogens with one attached hydrogen (secondary N) is 1. The summed E-state index contributed by atoms with van der Waals surface area (Å²) in [4.78, 5) is 12.5. The first-order chi connectivity index (χ1) is 10.1. The van der Waals surface area contributed by atoms with Gasteiger partial charge in [0.2, 0.25) is 5.95 Å². The van der Waals surface area contributed by atoms with Gasteiger partial charge in [-0.2, -0.15) is 9.97 Å². The average molecular weight is 288 g/mol. The van der Waals surface area contributed by atoms with Crippen LogP contribution in [0.3, 0.4) is 0 Å². The minimum atomic E-state index is -0.0205. The standard InChI is InChI=1S/C15H20N4O2/c1-5-11-8-6-7-9-12(11)21-15-18-13(16-4)17-14(19-15)20-10(2)3/h6-10H,5H2,1-4H3,(H,16,17,18,19). The monoisotopic (exact) mass is 288 g/mol. The van der Waals surface area contributed by atoms with Gasteiger partial charge in [-0.3, -0.25) is 0 Å². The number of aromatic nitrogens is 3. The Hall–Kier alpha value is -2.37. The van der Waals surface area contributed by atoms with Crippen molar-refractivity contribution in [2.45, 2.75) is 33.3 Å². The molecule has 21 heavy (non-hydrogen) atoms. The number of hydrogen-bond donors (Lipinski definition) is 1. The first-order valence-corrected chi connectivity index (χ1v) is 6.98. The van der Waals surface area contributed by atoms with E-state index in [-0.39, 0.29) is 18.1 Å². The molecule has 1 heterocycles. The number of aryl methyl sites for hydroxylation is 1. The minimum Gasteiger partial charge on any atom is -0.461 e. The zero-order valence-electron chi connectivity index (χ0n) is 12.8. The van der Waals surface area contributed by atoms with Gasteiger partial charge >= 0.3 is 12.0 Å². The summed E-state index contributed by atoms with van der Waals surface area (Å²) in [5.41, 5.74) is 1.09. The normalized spacial score (nSPS) is 10.5. The van der Waals surface area contributed by atoms with Crippen molar-refractivity contribution in [2.75, 3.05) is 12.4 Å². The first-order valence-electron chi connectivity index (χ1n) is 6.98. The van der Waals surface area contributed by atoms with Crippen LogP contribution >= 0.6 is 0 Å². The number of nitrogens with zero attached hydrogens (tertiary/aromatic N) is 3. The van der Waals surface area contributed by atoms with Gasteiger partial charge in [0.15, 0.2) is 0 Å². The molecule has 2 aromatic rings. The molecule has 6 nitrogen and oxygen atoms in total. The fourth-order valence-electron chi connectivity index (χ4n) is 1.75. The van der Waals surface area contributed by atoms with Gasteiger partial charge in [-0.15, -0.1) is 4.98 Å². The van der Waals surface area contributed by atoms with Gasteiger partial charge in [0.1, 0.15) is 5.75 Å². The molecule has 0 aliphatic rings. The summed E-state index contributed by atoms with van der Waals surface area (Å²) in [6.45, 7) is 5.90. The smallest absolute Gasteiger partial charge is 0.330 e. The predicted molar refractivity (Wildman–Crippen MR) is 81.0 cm³/mol. The van der Waals surface area contributed by atoms with Crippen molar-refractivity contribution >= 4 is 5.95 Å². The summed E-state index contributed by atoms with van der Waals surface area (Å²) in [5.74, 6) is 1.15. The van der Waals surface area contributed by atoms with Gasteiger partial charge in [-0.1, -0.05) is 25.1 Å². The molecule has 2 rings (SSSR count). The van der Waals surface area contributed by atoms with Crippen molar-refractivity contribution < 1.29 is 9.47 Å². The summed E-state index contributed by atoms with van der Waals surface area (Å²) in [6.07, 6.45) is 0.850. The maximum absolute atomic E-state index is 5.78. The van der Waals surface area contributed by atoms with Crippen LogP contribution in [-0.2, 0) is 6.42 Å². The minimum absolute atomic E-state index is 0.0205. The number of anilines is 1. The van der Waals surface area contributed by atoms with Gasteiger partial charge in [-0.05, 0) is 31.9 Å². The maximum atomic E-state index is 5.78. The van der Waals surface area contributed by atoms with Gasteiger partial charge in [0.25, 0.3) is 0 Å². The Morgan fingerprint density at radius 2 is 1.81 bits per heavy atom. The molecular formula is C15H20N4O2. The summed E-state index contributed by atoms with van der Waals surface area (Å²) in [7, 11) is 1.73. The molecule has 0 saturated heterocycles. The highest BCUT2D eigenvalue weighted by molar-refractivity contribution is 5.36. The quantitative estimate of drug-likeness (QED) is 0.881. The van der Waals surface area contributed by atoms with Gasteiger partial charge in [0, 0.05) is 7.05 Å². The highest BCUT2D eigenvalue weighted by atomic mass is 16.5. The third-order valence-corrected chi connectivity index (χ3v) is 2.71. The molecule has 0 atom stereocenters. The van der Waals surface area contributed by atoms with Gasteiger partial charge in [-0.25, -0.2) is 0 Å². The molecule has 0 unspecified atom stereocenters. The largest absolute Gasteiger partial charge is 0.461 e. The number of hydrogen-bond acceptors (Lipinski definition) is 6. The molecule has 0 saturated carbocycles.